The summed E-state index contributed by atoms with van der Waals surface area (Å²) in [5.41, 5.74) is 2.12. The zero-order valence-corrected chi connectivity index (χ0v) is 13.3. The van der Waals surface area contributed by atoms with Crippen LogP contribution in [0.25, 0.3) is 0 Å². The highest BCUT2D eigenvalue weighted by Crippen LogP contribution is 2.38. The molecule has 23 heavy (non-hydrogen) atoms. The lowest BCUT2D eigenvalue weighted by molar-refractivity contribution is -0.123. The summed E-state index contributed by atoms with van der Waals surface area (Å²) in [5.74, 6) is 0.329. The van der Waals surface area contributed by atoms with E-state index in [0.29, 0.717) is 6.42 Å². The standard InChI is InChI=1S/C16H23N5O2/c1-21-10-13(9-19-21)16(12-5-14(22)6-12)20-15(23)4-2-3-11-7-17-18-8-11/h7-10,12,14,16,22H,2-6H2,1H3,(H,17,18)(H,20,23). The topological polar surface area (TPSA) is 95.8 Å². The predicted molar refractivity (Wildman–Crippen MR) is 84.3 cm³/mol. The van der Waals surface area contributed by atoms with E-state index in [1.165, 1.54) is 0 Å². The number of amides is 1. The summed E-state index contributed by atoms with van der Waals surface area (Å²) in [6.45, 7) is 0. The van der Waals surface area contributed by atoms with E-state index in [0.717, 1.165) is 36.8 Å². The number of aromatic amines is 1. The Morgan fingerprint density at radius 1 is 1.52 bits per heavy atom. The SMILES string of the molecule is Cn1cc(C(NC(=O)CCCc2cn[nH]c2)C2CC(O)C2)cn1. The van der Waals surface area contributed by atoms with E-state index in [4.69, 9.17) is 0 Å². The number of carbonyl (C=O) groups excluding carboxylic acids is 1. The van der Waals surface area contributed by atoms with Crippen molar-refractivity contribution in [3.63, 3.8) is 0 Å². The van der Waals surface area contributed by atoms with Crippen molar-refractivity contribution < 1.29 is 9.90 Å². The molecule has 1 unspecified atom stereocenters. The Kier molecular flexibility index (Phi) is 4.76. The largest absolute Gasteiger partial charge is 0.393 e. The number of H-pyrrole nitrogens is 1. The molecule has 1 atom stereocenters. The average molecular weight is 317 g/mol. The molecule has 7 heteroatoms. The van der Waals surface area contributed by atoms with E-state index in [1.807, 2.05) is 19.4 Å². The fourth-order valence-corrected chi connectivity index (χ4v) is 3.09. The van der Waals surface area contributed by atoms with Crippen LogP contribution in [0.2, 0.25) is 0 Å². The van der Waals surface area contributed by atoms with Crippen LogP contribution >= 0.6 is 0 Å². The lowest BCUT2D eigenvalue weighted by atomic mass is 9.75. The first-order valence-corrected chi connectivity index (χ1v) is 8.05. The molecule has 7 nitrogen and oxygen atoms in total. The molecule has 2 heterocycles. The van der Waals surface area contributed by atoms with Crippen molar-refractivity contribution in [2.75, 3.05) is 0 Å². The second-order valence-corrected chi connectivity index (χ2v) is 6.34. The van der Waals surface area contributed by atoms with Gasteiger partial charge >= 0.3 is 0 Å². The van der Waals surface area contributed by atoms with Gasteiger partial charge in [-0.2, -0.15) is 10.2 Å². The van der Waals surface area contributed by atoms with Crippen molar-refractivity contribution in [3.05, 3.63) is 35.9 Å². The Hall–Kier alpha value is -2.15. The van der Waals surface area contributed by atoms with Gasteiger partial charge in [-0.3, -0.25) is 14.6 Å². The minimum atomic E-state index is -0.239. The fourth-order valence-electron chi connectivity index (χ4n) is 3.09. The van der Waals surface area contributed by atoms with Crippen LogP contribution in [-0.2, 0) is 18.3 Å². The highest BCUT2D eigenvalue weighted by molar-refractivity contribution is 5.76. The molecule has 1 amide bonds. The Bertz CT molecular complexity index is 631. The summed E-state index contributed by atoms with van der Waals surface area (Å²) in [6.07, 6.45) is 10.7. The maximum absolute atomic E-state index is 12.3. The maximum Gasteiger partial charge on any atom is 0.220 e. The van der Waals surface area contributed by atoms with Gasteiger partial charge in [-0.1, -0.05) is 0 Å². The van der Waals surface area contributed by atoms with E-state index >= 15 is 0 Å². The van der Waals surface area contributed by atoms with Crippen LogP contribution < -0.4 is 5.32 Å². The van der Waals surface area contributed by atoms with Gasteiger partial charge in [0, 0.05) is 31.4 Å². The summed E-state index contributed by atoms with van der Waals surface area (Å²) in [7, 11) is 1.86. The average Bonchev–Trinajstić information content (AvgIpc) is 3.13. The van der Waals surface area contributed by atoms with Crippen LogP contribution in [0.5, 0.6) is 0 Å². The van der Waals surface area contributed by atoms with E-state index in [-0.39, 0.29) is 24.0 Å². The number of carbonyl (C=O) groups is 1. The van der Waals surface area contributed by atoms with E-state index in [9.17, 15) is 9.90 Å². The molecule has 0 bridgehead atoms. The molecule has 0 spiro atoms. The molecule has 1 aliphatic carbocycles. The molecule has 0 aromatic carbocycles. The Labute approximate surface area is 135 Å². The second-order valence-electron chi connectivity index (χ2n) is 6.34. The molecule has 1 aliphatic rings. The lowest BCUT2D eigenvalue weighted by Gasteiger charge is -2.37. The van der Waals surface area contributed by atoms with Gasteiger partial charge in [-0.15, -0.1) is 0 Å². The second kappa shape index (κ2) is 6.95. The third-order valence-electron chi connectivity index (χ3n) is 4.45. The molecule has 0 radical (unpaired) electrons. The fraction of sp³-hybridized carbons (Fsp3) is 0.562. The summed E-state index contributed by atoms with van der Waals surface area (Å²) in [6, 6.07) is -0.0616. The molecule has 2 aromatic rings. The number of aliphatic hydroxyl groups excluding tert-OH is 1. The lowest BCUT2D eigenvalue weighted by Crippen LogP contribution is -2.41. The number of hydrogen-bond acceptors (Lipinski definition) is 4. The van der Waals surface area contributed by atoms with E-state index in [2.05, 4.69) is 20.6 Å². The molecular formula is C16H23N5O2. The van der Waals surface area contributed by atoms with Crippen LogP contribution in [0, 0.1) is 5.92 Å². The summed E-state index contributed by atoms with van der Waals surface area (Å²) < 4.78 is 1.74. The third kappa shape index (κ3) is 3.98. The Morgan fingerprint density at radius 2 is 2.35 bits per heavy atom. The van der Waals surface area contributed by atoms with E-state index < -0.39 is 0 Å². The van der Waals surface area contributed by atoms with Crippen molar-refractivity contribution in [2.45, 2.75) is 44.2 Å². The van der Waals surface area contributed by atoms with Gasteiger partial charge in [-0.25, -0.2) is 0 Å². The molecule has 1 fully saturated rings. The first-order valence-electron chi connectivity index (χ1n) is 8.05. The first kappa shape index (κ1) is 15.7. The van der Waals surface area contributed by atoms with Gasteiger partial charge in [-0.05, 0) is 37.2 Å². The predicted octanol–water partition coefficient (Wildman–Crippen LogP) is 1.09. The zero-order chi connectivity index (χ0) is 16.2. The third-order valence-corrected chi connectivity index (χ3v) is 4.45. The van der Waals surface area contributed by atoms with E-state index in [1.54, 1.807) is 17.1 Å². The van der Waals surface area contributed by atoms with Crippen molar-refractivity contribution in [2.24, 2.45) is 13.0 Å². The summed E-state index contributed by atoms with van der Waals surface area (Å²) in [5, 5.41) is 23.5. The molecule has 0 saturated heterocycles. The number of nitrogens with zero attached hydrogens (tertiary/aromatic N) is 3. The number of nitrogens with one attached hydrogen (secondary N) is 2. The number of aromatic nitrogens is 4. The Morgan fingerprint density at radius 3 is 2.96 bits per heavy atom. The van der Waals surface area contributed by atoms with Crippen molar-refractivity contribution in [1.82, 2.24) is 25.3 Å². The smallest absolute Gasteiger partial charge is 0.220 e. The van der Waals surface area contributed by atoms with Crippen LogP contribution in [0.1, 0.15) is 42.9 Å². The number of aryl methyl sites for hydroxylation is 2. The minimum absolute atomic E-state index is 0.0451. The number of rotatable bonds is 7. The van der Waals surface area contributed by atoms with Gasteiger partial charge in [0.05, 0.1) is 24.5 Å². The number of aliphatic hydroxyl groups is 1. The summed E-state index contributed by atoms with van der Waals surface area (Å²) >= 11 is 0. The van der Waals surface area contributed by atoms with Crippen LogP contribution in [0.4, 0.5) is 0 Å². The highest BCUT2D eigenvalue weighted by atomic mass is 16.3. The Balaban J connectivity index is 1.54. The van der Waals surface area contributed by atoms with Crippen LogP contribution in [0.3, 0.4) is 0 Å². The normalized spacial score (nSPS) is 21.7. The number of hydrogen-bond donors (Lipinski definition) is 3. The van der Waals surface area contributed by atoms with Gasteiger partial charge in [0.2, 0.25) is 5.91 Å². The van der Waals surface area contributed by atoms with Crippen molar-refractivity contribution in [1.29, 1.82) is 0 Å². The van der Waals surface area contributed by atoms with Gasteiger partial charge < -0.3 is 10.4 Å². The highest BCUT2D eigenvalue weighted by Gasteiger charge is 2.36. The molecule has 3 N–H and O–H groups in total. The minimum Gasteiger partial charge on any atom is -0.393 e. The van der Waals surface area contributed by atoms with Gasteiger partial charge in [0.1, 0.15) is 0 Å². The van der Waals surface area contributed by atoms with Gasteiger partial charge in [0.15, 0.2) is 0 Å². The maximum atomic E-state index is 12.3. The molecule has 3 rings (SSSR count). The molecule has 124 valence electrons. The quantitative estimate of drug-likeness (QED) is 0.712. The van der Waals surface area contributed by atoms with Crippen LogP contribution in [0.15, 0.2) is 24.8 Å². The van der Waals surface area contributed by atoms with Gasteiger partial charge in [0.25, 0.3) is 0 Å². The molecule has 2 aromatic heterocycles. The van der Waals surface area contributed by atoms with Crippen molar-refractivity contribution >= 4 is 5.91 Å². The molecule has 0 aliphatic heterocycles. The molecular weight excluding hydrogens is 294 g/mol. The molecule has 1 saturated carbocycles. The zero-order valence-electron chi connectivity index (χ0n) is 13.3. The van der Waals surface area contributed by atoms with Crippen LogP contribution in [-0.4, -0.2) is 37.1 Å². The van der Waals surface area contributed by atoms with Crippen molar-refractivity contribution in [3.8, 4) is 0 Å². The summed E-state index contributed by atoms with van der Waals surface area (Å²) in [4.78, 5) is 12.3. The monoisotopic (exact) mass is 317 g/mol. The first-order chi connectivity index (χ1) is 11.1.